The van der Waals surface area contributed by atoms with E-state index in [0.29, 0.717) is 17.9 Å². The van der Waals surface area contributed by atoms with Gasteiger partial charge in [0.25, 0.3) is 6.02 Å². The Bertz CT molecular complexity index is 671. The van der Waals surface area contributed by atoms with Crippen LogP contribution in [-0.2, 0) is 4.74 Å². The fourth-order valence-corrected chi connectivity index (χ4v) is 3.98. The minimum absolute atomic E-state index is 0.369. The average molecular weight is 315 g/mol. The lowest BCUT2D eigenvalue weighted by atomic mass is 9.92. The summed E-state index contributed by atoms with van der Waals surface area (Å²) in [6, 6.07) is 8.87. The monoisotopic (exact) mass is 315 g/mol. The highest BCUT2D eigenvalue weighted by atomic mass is 32.1. The zero-order chi connectivity index (χ0) is 14.9. The van der Waals surface area contributed by atoms with Crippen molar-refractivity contribution in [1.29, 1.82) is 5.41 Å². The Balaban J connectivity index is 1.37. The number of aromatic nitrogens is 1. The average Bonchev–Trinajstić information content (AvgIpc) is 3.30. The largest absolute Gasteiger partial charge is 0.465 e. The number of piperidine rings is 1. The Labute approximate surface area is 134 Å². The number of nitrogens with zero attached hydrogens (tertiary/aromatic N) is 2. The number of benzene rings is 1. The first-order chi connectivity index (χ1) is 10.8. The first kappa shape index (κ1) is 14.0. The SMILES string of the molecule is N=C(OCC1CC1)N1CCC(c2nsc3ccccc23)CC1. The number of ether oxygens (including phenoxy) is 1. The molecule has 1 aliphatic heterocycles. The van der Waals surface area contributed by atoms with Gasteiger partial charge in [-0.05, 0) is 49.2 Å². The van der Waals surface area contributed by atoms with Gasteiger partial charge in [0.05, 0.1) is 17.0 Å². The molecule has 0 radical (unpaired) electrons. The summed E-state index contributed by atoms with van der Waals surface area (Å²) < 4.78 is 11.6. The molecule has 5 heteroatoms. The van der Waals surface area contributed by atoms with Crippen LogP contribution in [0.1, 0.15) is 37.3 Å². The van der Waals surface area contributed by atoms with Gasteiger partial charge in [-0.3, -0.25) is 5.41 Å². The Morgan fingerprint density at radius 1 is 1.23 bits per heavy atom. The third-order valence-electron chi connectivity index (χ3n) is 4.73. The molecule has 4 rings (SSSR count). The number of likely N-dealkylation sites (tertiary alicyclic amines) is 1. The van der Waals surface area contributed by atoms with E-state index in [2.05, 4.69) is 29.2 Å². The first-order valence-electron chi connectivity index (χ1n) is 8.12. The Hall–Kier alpha value is -1.62. The van der Waals surface area contributed by atoms with Gasteiger partial charge in [-0.25, -0.2) is 0 Å². The van der Waals surface area contributed by atoms with Gasteiger partial charge in [0, 0.05) is 24.4 Å². The van der Waals surface area contributed by atoms with Crippen molar-refractivity contribution in [3.8, 4) is 0 Å². The molecule has 0 atom stereocenters. The lowest BCUT2D eigenvalue weighted by molar-refractivity contribution is 0.194. The number of amidine groups is 1. The summed E-state index contributed by atoms with van der Waals surface area (Å²) in [6.45, 7) is 2.54. The van der Waals surface area contributed by atoms with E-state index in [0.717, 1.165) is 32.5 Å². The van der Waals surface area contributed by atoms with Crippen LogP contribution in [0.15, 0.2) is 24.3 Å². The molecule has 0 amide bonds. The van der Waals surface area contributed by atoms with E-state index in [4.69, 9.17) is 14.5 Å². The van der Waals surface area contributed by atoms with Crippen LogP contribution < -0.4 is 0 Å². The van der Waals surface area contributed by atoms with E-state index in [1.54, 1.807) is 11.5 Å². The summed E-state index contributed by atoms with van der Waals surface area (Å²) in [4.78, 5) is 2.08. The number of rotatable bonds is 3. The Morgan fingerprint density at radius 3 is 2.77 bits per heavy atom. The Kier molecular flexibility index (Phi) is 3.74. The third-order valence-corrected chi connectivity index (χ3v) is 5.57. The lowest BCUT2D eigenvalue weighted by Gasteiger charge is -2.32. The van der Waals surface area contributed by atoms with Crippen LogP contribution in [0.4, 0.5) is 0 Å². The number of fused-ring (bicyclic) bond motifs is 1. The minimum Gasteiger partial charge on any atom is -0.465 e. The number of nitrogens with one attached hydrogen (secondary N) is 1. The molecule has 1 saturated carbocycles. The minimum atomic E-state index is 0.369. The highest BCUT2D eigenvalue weighted by Crippen LogP contribution is 2.34. The second-order valence-electron chi connectivity index (χ2n) is 6.38. The summed E-state index contributed by atoms with van der Waals surface area (Å²) in [6.07, 6.45) is 4.66. The molecule has 0 unspecified atom stereocenters. The fourth-order valence-electron chi connectivity index (χ4n) is 3.13. The summed E-state index contributed by atoms with van der Waals surface area (Å²) in [7, 11) is 0. The van der Waals surface area contributed by atoms with Gasteiger partial charge in [0.1, 0.15) is 0 Å². The van der Waals surface area contributed by atoms with Crippen LogP contribution in [0.25, 0.3) is 10.1 Å². The zero-order valence-corrected chi connectivity index (χ0v) is 13.4. The van der Waals surface area contributed by atoms with Crippen LogP contribution in [-0.4, -0.2) is 35.0 Å². The zero-order valence-electron chi connectivity index (χ0n) is 12.6. The van der Waals surface area contributed by atoms with Crippen molar-refractivity contribution in [2.45, 2.75) is 31.6 Å². The maximum atomic E-state index is 8.07. The van der Waals surface area contributed by atoms with Crippen LogP contribution in [0, 0.1) is 11.3 Å². The van der Waals surface area contributed by atoms with Crippen molar-refractivity contribution in [1.82, 2.24) is 9.27 Å². The number of hydrogen-bond acceptors (Lipinski definition) is 4. The van der Waals surface area contributed by atoms with Crippen molar-refractivity contribution in [2.24, 2.45) is 5.92 Å². The van der Waals surface area contributed by atoms with Crippen LogP contribution >= 0.6 is 11.5 Å². The van der Waals surface area contributed by atoms with Gasteiger partial charge < -0.3 is 9.64 Å². The van der Waals surface area contributed by atoms with E-state index in [1.165, 1.54) is 28.6 Å². The van der Waals surface area contributed by atoms with E-state index >= 15 is 0 Å². The second kappa shape index (κ2) is 5.88. The molecule has 0 spiro atoms. The molecule has 4 nitrogen and oxygen atoms in total. The third kappa shape index (κ3) is 2.82. The molecule has 1 aromatic heterocycles. The molecule has 2 heterocycles. The van der Waals surface area contributed by atoms with Crippen molar-refractivity contribution in [3.05, 3.63) is 30.0 Å². The second-order valence-corrected chi connectivity index (χ2v) is 7.19. The molecule has 1 N–H and O–H groups in total. The van der Waals surface area contributed by atoms with Crippen molar-refractivity contribution in [2.75, 3.05) is 19.7 Å². The maximum Gasteiger partial charge on any atom is 0.284 e. The smallest absolute Gasteiger partial charge is 0.284 e. The molecule has 2 aliphatic rings. The van der Waals surface area contributed by atoms with Gasteiger partial charge >= 0.3 is 0 Å². The van der Waals surface area contributed by atoms with E-state index in [9.17, 15) is 0 Å². The molecule has 0 bridgehead atoms. The highest BCUT2D eigenvalue weighted by molar-refractivity contribution is 7.13. The van der Waals surface area contributed by atoms with Crippen LogP contribution in [0.2, 0.25) is 0 Å². The molecule has 1 aromatic carbocycles. The highest BCUT2D eigenvalue weighted by Gasteiger charge is 2.27. The van der Waals surface area contributed by atoms with E-state index < -0.39 is 0 Å². The number of hydrogen-bond donors (Lipinski definition) is 1. The molecule has 2 fully saturated rings. The van der Waals surface area contributed by atoms with Crippen LogP contribution in [0.5, 0.6) is 0 Å². The molecule has 1 saturated heterocycles. The lowest BCUT2D eigenvalue weighted by Crippen LogP contribution is -2.39. The van der Waals surface area contributed by atoms with Crippen molar-refractivity contribution >= 4 is 27.6 Å². The van der Waals surface area contributed by atoms with E-state index in [-0.39, 0.29) is 0 Å². The maximum absolute atomic E-state index is 8.07. The first-order valence-corrected chi connectivity index (χ1v) is 8.89. The fraction of sp³-hybridized carbons (Fsp3) is 0.529. The summed E-state index contributed by atoms with van der Waals surface area (Å²) in [5.74, 6) is 1.22. The van der Waals surface area contributed by atoms with Gasteiger partial charge in [0.15, 0.2) is 0 Å². The van der Waals surface area contributed by atoms with Crippen LogP contribution in [0.3, 0.4) is 0 Å². The summed E-state index contributed by atoms with van der Waals surface area (Å²) in [5, 5.41) is 9.38. The topological polar surface area (TPSA) is 49.2 Å². The summed E-state index contributed by atoms with van der Waals surface area (Å²) >= 11 is 1.60. The quantitative estimate of drug-likeness (QED) is 0.691. The van der Waals surface area contributed by atoms with Gasteiger partial charge in [-0.1, -0.05) is 18.2 Å². The molecular weight excluding hydrogens is 294 g/mol. The van der Waals surface area contributed by atoms with Gasteiger partial charge in [0.2, 0.25) is 0 Å². The molecule has 1 aliphatic carbocycles. The Morgan fingerprint density at radius 2 is 2.00 bits per heavy atom. The molecular formula is C17H21N3OS. The molecule has 2 aromatic rings. The van der Waals surface area contributed by atoms with Gasteiger partial charge in [-0.2, -0.15) is 4.37 Å². The van der Waals surface area contributed by atoms with Gasteiger partial charge in [-0.15, -0.1) is 0 Å². The molecule has 116 valence electrons. The molecule has 22 heavy (non-hydrogen) atoms. The van der Waals surface area contributed by atoms with Crippen molar-refractivity contribution < 1.29 is 4.74 Å². The standard InChI is InChI=1S/C17H21N3OS/c18-17(21-11-12-5-6-12)20-9-7-13(8-10-20)16-14-3-1-2-4-15(14)22-19-16/h1-4,12-13,18H,5-11H2. The summed E-state index contributed by atoms with van der Waals surface area (Å²) in [5.41, 5.74) is 1.26. The predicted molar refractivity (Wildman–Crippen MR) is 89.6 cm³/mol. The normalized spacial score (nSPS) is 19.5. The van der Waals surface area contributed by atoms with E-state index in [1.807, 2.05) is 0 Å². The van der Waals surface area contributed by atoms with Crippen molar-refractivity contribution in [3.63, 3.8) is 0 Å². The predicted octanol–water partition coefficient (Wildman–Crippen LogP) is 3.84.